The van der Waals surface area contributed by atoms with Crippen molar-refractivity contribution in [3.8, 4) is 0 Å². The van der Waals surface area contributed by atoms with Crippen LogP contribution >= 0.6 is 0 Å². The Morgan fingerprint density at radius 2 is 1.95 bits per heavy atom. The molecule has 0 spiro atoms. The minimum Gasteiger partial charge on any atom is -0.344 e. The first-order chi connectivity index (χ1) is 9.16. The first-order valence-electron chi connectivity index (χ1n) is 6.43. The van der Waals surface area contributed by atoms with E-state index in [9.17, 15) is 9.59 Å². The molecule has 0 aromatic heterocycles. The molecule has 98 valence electrons. The summed E-state index contributed by atoms with van der Waals surface area (Å²) in [6.45, 7) is 0.855. The Labute approximate surface area is 111 Å². The fraction of sp³-hybridized carbons (Fsp3) is 0.357. The molecule has 0 unspecified atom stereocenters. The Balaban J connectivity index is 1.88. The van der Waals surface area contributed by atoms with Gasteiger partial charge in [0.2, 0.25) is 0 Å². The van der Waals surface area contributed by atoms with Gasteiger partial charge in [-0.05, 0) is 31.0 Å². The molecule has 0 atom stereocenters. The van der Waals surface area contributed by atoms with Crippen molar-refractivity contribution in [2.75, 3.05) is 18.9 Å². The molecule has 2 amide bonds. The third-order valence-corrected chi connectivity index (χ3v) is 3.50. The fourth-order valence-corrected chi connectivity index (χ4v) is 2.40. The number of nitrogens with one attached hydrogen (secondary N) is 1. The predicted octanol–water partition coefficient (Wildman–Crippen LogP) is 1.91. The van der Waals surface area contributed by atoms with Crippen molar-refractivity contribution in [3.05, 3.63) is 29.3 Å². The summed E-state index contributed by atoms with van der Waals surface area (Å²) in [6.07, 6.45) is 3.20. The Morgan fingerprint density at radius 1 is 1.16 bits per heavy atom. The van der Waals surface area contributed by atoms with Crippen molar-refractivity contribution in [3.63, 3.8) is 0 Å². The van der Waals surface area contributed by atoms with E-state index < -0.39 is 0 Å². The molecule has 1 aromatic rings. The predicted molar refractivity (Wildman–Crippen MR) is 72.6 cm³/mol. The largest absolute Gasteiger partial charge is 0.344 e. The third kappa shape index (κ3) is 2.01. The molecule has 1 N–H and O–H groups in total. The normalized spacial score (nSPS) is 18.4. The van der Waals surface area contributed by atoms with Crippen molar-refractivity contribution >= 4 is 23.3 Å². The van der Waals surface area contributed by atoms with E-state index in [1.807, 2.05) is 6.07 Å². The van der Waals surface area contributed by atoms with Crippen molar-refractivity contribution in [1.29, 1.82) is 0 Å². The Morgan fingerprint density at radius 3 is 2.68 bits per heavy atom. The highest BCUT2D eigenvalue weighted by Crippen LogP contribution is 2.25. The monoisotopic (exact) mass is 257 g/mol. The first kappa shape index (κ1) is 11.9. The maximum absolute atomic E-state index is 11.9. The standard InChI is InChI=1S/C14H15N3O2/c1-17-13(18)10-6-5-9(8-11(10)14(17)19)16-12-4-2-3-7-15-12/h5-6,8H,2-4,7H2,1H3,(H,15,16). The van der Waals surface area contributed by atoms with E-state index in [4.69, 9.17) is 0 Å². The van der Waals surface area contributed by atoms with E-state index in [1.165, 1.54) is 7.05 Å². The zero-order valence-electron chi connectivity index (χ0n) is 10.8. The van der Waals surface area contributed by atoms with Crippen LogP contribution in [0.15, 0.2) is 23.2 Å². The van der Waals surface area contributed by atoms with Gasteiger partial charge in [-0.15, -0.1) is 0 Å². The lowest BCUT2D eigenvalue weighted by Gasteiger charge is -2.14. The molecule has 19 heavy (non-hydrogen) atoms. The minimum atomic E-state index is -0.241. The van der Waals surface area contributed by atoms with Gasteiger partial charge in [-0.2, -0.15) is 0 Å². The molecule has 0 radical (unpaired) electrons. The molecule has 0 saturated carbocycles. The number of hydrogen-bond acceptors (Lipinski definition) is 4. The van der Waals surface area contributed by atoms with Gasteiger partial charge in [-0.1, -0.05) is 0 Å². The van der Waals surface area contributed by atoms with Crippen LogP contribution in [0, 0.1) is 0 Å². The van der Waals surface area contributed by atoms with Crippen LogP contribution in [0.2, 0.25) is 0 Å². The highest BCUT2D eigenvalue weighted by Gasteiger charge is 2.32. The van der Waals surface area contributed by atoms with Crippen LogP contribution in [0.3, 0.4) is 0 Å². The fourth-order valence-electron chi connectivity index (χ4n) is 2.40. The molecular formula is C14H15N3O2. The summed E-state index contributed by atoms with van der Waals surface area (Å²) in [7, 11) is 1.50. The number of imide groups is 1. The SMILES string of the molecule is CN1C(=O)c2ccc(NC3=NCCCC3)cc2C1=O. The molecule has 1 aromatic carbocycles. The van der Waals surface area contributed by atoms with Gasteiger partial charge in [-0.25, -0.2) is 0 Å². The van der Waals surface area contributed by atoms with E-state index in [0.717, 1.165) is 42.2 Å². The molecular weight excluding hydrogens is 242 g/mol. The number of rotatable bonds is 1. The maximum atomic E-state index is 11.9. The van der Waals surface area contributed by atoms with Gasteiger partial charge >= 0.3 is 0 Å². The van der Waals surface area contributed by atoms with Gasteiger partial charge in [0.1, 0.15) is 5.84 Å². The Hall–Kier alpha value is -2.17. The molecule has 3 rings (SSSR count). The molecule has 0 aliphatic carbocycles. The number of benzene rings is 1. The second-order valence-electron chi connectivity index (χ2n) is 4.84. The lowest BCUT2D eigenvalue weighted by Crippen LogP contribution is -2.24. The van der Waals surface area contributed by atoms with Crippen LogP contribution in [0.25, 0.3) is 0 Å². The number of amides is 2. The van der Waals surface area contributed by atoms with E-state index >= 15 is 0 Å². The summed E-state index contributed by atoms with van der Waals surface area (Å²) in [5, 5.41) is 3.23. The number of carbonyl (C=O) groups is 2. The quantitative estimate of drug-likeness (QED) is 0.782. The molecule has 0 fully saturated rings. The topological polar surface area (TPSA) is 61.8 Å². The van der Waals surface area contributed by atoms with Gasteiger partial charge < -0.3 is 5.32 Å². The molecule has 5 heteroatoms. The highest BCUT2D eigenvalue weighted by atomic mass is 16.2. The van der Waals surface area contributed by atoms with E-state index in [2.05, 4.69) is 10.3 Å². The van der Waals surface area contributed by atoms with Crippen LogP contribution in [0.1, 0.15) is 40.0 Å². The van der Waals surface area contributed by atoms with Crippen LogP contribution < -0.4 is 5.32 Å². The number of amidine groups is 1. The van der Waals surface area contributed by atoms with Crippen LogP contribution in [0.5, 0.6) is 0 Å². The second kappa shape index (κ2) is 4.50. The molecule has 2 aliphatic rings. The van der Waals surface area contributed by atoms with Gasteiger partial charge in [-0.3, -0.25) is 19.5 Å². The lowest BCUT2D eigenvalue weighted by atomic mass is 10.1. The average Bonchev–Trinajstić information content (AvgIpc) is 2.65. The maximum Gasteiger partial charge on any atom is 0.261 e. The molecule has 2 aliphatic heterocycles. The van der Waals surface area contributed by atoms with Gasteiger partial charge in [0, 0.05) is 25.7 Å². The summed E-state index contributed by atoms with van der Waals surface area (Å²) in [6, 6.07) is 5.25. The number of anilines is 1. The van der Waals surface area contributed by atoms with E-state index in [0.29, 0.717) is 11.1 Å². The molecule has 2 heterocycles. The van der Waals surface area contributed by atoms with Crippen LogP contribution in [0.4, 0.5) is 5.69 Å². The molecule has 0 bridgehead atoms. The van der Waals surface area contributed by atoms with E-state index in [-0.39, 0.29) is 11.8 Å². The number of fused-ring (bicyclic) bond motifs is 1. The Bertz CT molecular complexity index is 592. The van der Waals surface area contributed by atoms with Crippen LogP contribution in [-0.4, -0.2) is 36.1 Å². The zero-order chi connectivity index (χ0) is 13.4. The average molecular weight is 257 g/mol. The number of aliphatic imine (C=N–C) groups is 1. The summed E-state index contributed by atoms with van der Waals surface area (Å²) in [4.78, 5) is 29.2. The van der Waals surface area contributed by atoms with Gasteiger partial charge in [0.05, 0.1) is 11.1 Å². The summed E-state index contributed by atoms with van der Waals surface area (Å²) < 4.78 is 0. The Kier molecular flexibility index (Phi) is 2.81. The van der Waals surface area contributed by atoms with Crippen molar-refractivity contribution in [2.45, 2.75) is 19.3 Å². The summed E-state index contributed by atoms with van der Waals surface area (Å²) >= 11 is 0. The number of hydrogen-bond donors (Lipinski definition) is 1. The van der Waals surface area contributed by atoms with Crippen molar-refractivity contribution in [2.24, 2.45) is 4.99 Å². The highest BCUT2D eigenvalue weighted by molar-refractivity contribution is 6.21. The van der Waals surface area contributed by atoms with Crippen molar-refractivity contribution in [1.82, 2.24) is 4.90 Å². The van der Waals surface area contributed by atoms with Gasteiger partial charge in [0.15, 0.2) is 0 Å². The number of nitrogens with zero attached hydrogens (tertiary/aromatic N) is 2. The minimum absolute atomic E-state index is 0.235. The smallest absolute Gasteiger partial charge is 0.261 e. The zero-order valence-corrected chi connectivity index (χ0v) is 10.8. The summed E-state index contributed by atoms with van der Waals surface area (Å²) in [5.74, 6) is 0.479. The van der Waals surface area contributed by atoms with Gasteiger partial charge in [0.25, 0.3) is 11.8 Å². The summed E-state index contributed by atoms with van der Waals surface area (Å²) in [5.41, 5.74) is 1.76. The lowest BCUT2D eigenvalue weighted by molar-refractivity contribution is 0.0693. The van der Waals surface area contributed by atoms with Crippen LogP contribution in [-0.2, 0) is 0 Å². The number of carbonyl (C=O) groups excluding carboxylic acids is 2. The second-order valence-corrected chi connectivity index (χ2v) is 4.84. The van der Waals surface area contributed by atoms with Crippen molar-refractivity contribution < 1.29 is 9.59 Å². The first-order valence-corrected chi connectivity index (χ1v) is 6.43. The van der Waals surface area contributed by atoms with E-state index in [1.54, 1.807) is 12.1 Å². The molecule has 0 saturated heterocycles. The molecule has 5 nitrogen and oxygen atoms in total. The third-order valence-electron chi connectivity index (χ3n) is 3.50.